The summed E-state index contributed by atoms with van der Waals surface area (Å²) >= 11 is 0. The summed E-state index contributed by atoms with van der Waals surface area (Å²) in [6.45, 7) is 7.87. The van der Waals surface area contributed by atoms with Gasteiger partial charge in [-0.1, -0.05) is 13.8 Å². The zero-order valence-corrected chi connectivity index (χ0v) is 8.55. The van der Waals surface area contributed by atoms with E-state index in [1.165, 1.54) is 7.11 Å². The molecular weight excluding hydrogens is 154 g/mol. The minimum atomic E-state index is -0.355. The average molecular weight is 173 g/mol. The number of carbonyl (C=O) groups is 1. The topological polar surface area (TPSA) is 38.3 Å². The summed E-state index contributed by atoms with van der Waals surface area (Å²) < 4.78 is 4.88. The number of hydrogen-bond acceptors (Lipinski definition) is 2. The third-order valence-corrected chi connectivity index (χ3v) is 2.09. The molecule has 2 atom stereocenters. The van der Waals surface area contributed by atoms with Gasteiger partial charge in [-0.25, -0.2) is 0 Å². The quantitative estimate of drug-likeness (QED) is 0.693. The van der Waals surface area contributed by atoms with E-state index in [4.69, 9.17) is 4.74 Å². The molecule has 0 aromatic rings. The number of nitrogens with one attached hydrogen (secondary N) is 1. The lowest BCUT2D eigenvalue weighted by molar-refractivity contribution is -0.130. The molecule has 0 saturated carbocycles. The number of amides is 1. The average Bonchev–Trinajstić information content (AvgIpc) is 2.02. The Morgan fingerprint density at radius 1 is 1.25 bits per heavy atom. The van der Waals surface area contributed by atoms with E-state index in [1.54, 1.807) is 6.92 Å². The van der Waals surface area contributed by atoms with E-state index in [2.05, 4.69) is 19.2 Å². The van der Waals surface area contributed by atoms with Crippen LogP contribution in [0.2, 0.25) is 0 Å². The molecule has 12 heavy (non-hydrogen) atoms. The second-order valence-electron chi connectivity index (χ2n) is 3.42. The maximum Gasteiger partial charge on any atom is 0.249 e. The van der Waals surface area contributed by atoms with E-state index in [1.807, 2.05) is 6.92 Å². The number of rotatable bonds is 4. The van der Waals surface area contributed by atoms with Crippen LogP contribution in [0.4, 0.5) is 0 Å². The van der Waals surface area contributed by atoms with Gasteiger partial charge in [-0.15, -0.1) is 0 Å². The number of carbonyl (C=O) groups excluding carboxylic acids is 1. The van der Waals surface area contributed by atoms with Gasteiger partial charge in [-0.2, -0.15) is 0 Å². The first-order chi connectivity index (χ1) is 5.49. The van der Waals surface area contributed by atoms with Crippen LogP contribution in [-0.2, 0) is 9.53 Å². The maximum atomic E-state index is 11.3. The maximum absolute atomic E-state index is 11.3. The summed E-state index contributed by atoms with van der Waals surface area (Å²) in [6.07, 6.45) is -0.355. The molecule has 0 unspecified atom stereocenters. The molecule has 0 aliphatic heterocycles. The van der Waals surface area contributed by atoms with Crippen molar-refractivity contribution < 1.29 is 9.53 Å². The van der Waals surface area contributed by atoms with Gasteiger partial charge in [0.15, 0.2) is 0 Å². The van der Waals surface area contributed by atoms with Crippen molar-refractivity contribution in [3.8, 4) is 0 Å². The first-order valence-corrected chi connectivity index (χ1v) is 4.32. The van der Waals surface area contributed by atoms with Crippen molar-refractivity contribution in [1.82, 2.24) is 5.32 Å². The van der Waals surface area contributed by atoms with E-state index in [0.29, 0.717) is 5.92 Å². The first kappa shape index (κ1) is 11.4. The fourth-order valence-corrected chi connectivity index (χ4v) is 0.615. The Morgan fingerprint density at radius 3 is 2.08 bits per heavy atom. The van der Waals surface area contributed by atoms with Gasteiger partial charge in [0.2, 0.25) is 5.91 Å². The molecule has 0 rings (SSSR count). The van der Waals surface area contributed by atoms with Crippen LogP contribution in [0.1, 0.15) is 27.7 Å². The zero-order valence-electron chi connectivity index (χ0n) is 8.55. The van der Waals surface area contributed by atoms with Crippen LogP contribution in [0.3, 0.4) is 0 Å². The van der Waals surface area contributed by atoms with Crippen molar-refractivity contribution in [1.29, 1.82) is 0 Å². The van der Waals surface area contributed by atoms with E-state index in [0.717, 1.165) is 0 Å². The molecule has 0 aromatic carbocycles. The highest BCUT2D eigenvalue weighted by atomic mass is 16.5. The highest BCUT2D eigenvalue weighted by Crippen LogP contribution is 2.00. The SMILES string of the molecule is CO[C@H](C)C(=O)N[C@H](C)C(C)C. The molecule has 3 nitrogen and oxygen atoms in total. The third kappa shape index (κ3) is 3.72. The molecule has 0 bridgehead atoms. The van der Waals surface area contributed by atoms with Crippen LogP contribution >= 0.6 is 0 Å². The van der Waals surface area contributed by atoms with Crippen molar-refractivity contribution in [2.45, 2.75) is 39.8 Å². The molecule has 1 amide bonds. The molecule has 0 aliphatic rings. The summed E-state index contributed by atoms with van der Waals surface area (Å²) in [7, 11) is 1.53. The van der Waals surface area contributed by atoms with Gasteiger partial charge in [-0.05, 0) is 19.8 Å². The Morgan fingerprint density at radius 2 is 1.75 bits per heavy atom. The molecule has 0 aromatic heterocycles. The standard InChI is InChI=1S/C9H19NO2/c1-6(2)7(3)10-9(11)8(4)12-5/h6-8H,1-5H3,(H,10,11)/t7-,8-/m1/s1. The Balaban J connectivity index is 3.84. The van der Waals surface area contributed by atoms with Crippen LogP contribution < -0.4 is 5.32 Å². The number of methoxy groups -OCH3 is 1. The Bertz CT molecular complexity index is 145. The molecule has 0 radical (unpaired) electrons. The fourth-order valence-electron chi connectivity index (χ4n) is 0.615. The van der Waals surface area contributed by atoms with Gasteiger partial charge in [0.1, 0.15) is 6.10 Å². The first-order valence-electron chi connectivity index (χ1n) is 4.32. The highest BCUT2D eigenvalue weighted by molar-refractivity contribution is 5.80. The minimum absolute atomic E-state index is 0.0429. The molecule has 0 heterocycles. The van der Waals surface area contributed by atoms with Gasteiger partial charge in [0.05, 0.1) is 0 Å². The lowest BCUT2D eigenvalue weighted by atomic mass is 10.1. The Hall–Kier alpha value is -0.570. The predicted molar refractivity (Wildman–Crippen MR) is 48.9 cm³/mol. The summed E-state index contributed by atoms with van der Waals surface area (Å²) in [5, 5.41) is 2.87. The monoisotopic (exact) mass is 173 g/mol. The Kier molecular flexibility index (Phi) is 4.90. The molecule has 3 heteroatoms. The van der Waals surface area contributed by atoms with Crippen LogP contribution in [0.15, 0.2) is 0 Å². The Labute approximate surface area is 74.5 Å². The summed E-state index contributed by atoms with van der Waals surface area (Å²) in [6, 6.07) is 0.204. The zero-order chi connectivity index (χ0) is 9.72. The predicted octanol–water partition coefficient (Wildman–Crippen LogP) is 1.18. The van der Waals surface area contributed by atoms with E-state index >= 15 is 0 Å². The second kappa shape index (κ2) is 5.14. The summed E-state index contributed by atoms with van der Waals surface area (Å²) in [4.78, 5) is 11.3. The highest BCUT2D eigenvalue weighted by Gasteiger charge is 2.15. The minimum Gasteiger partial charge on any atom is -0.372 e. The van der Waals surface area contributed by atoms with Crippen molar-refractivity contribution in [3.63, 3.8) is 0 Å². The second-order valence-corrected chi connectivity index (χ2v) is 3.42. The molecule has 0 saturated heterocycles. The smallest absolute Gasteiger partial charge is 0.249 e. The number of hydrogen-bond donors (Lipinski definition) is 1. The molecule has 0 spiro atoms. The van der Waals surface area contributed by atoms with Crippen LogP contribution in [-0.4, -0.2) is 25.2 Å². The number of ether oxygens (including phenoxy) is 1. The fraction of sp³-hybridized carbons (Fsp3) is 0.889. The third-order valence-electron chi connectivity index (χ3n) is 2.09. The lowest BCUT2D eigenvalue weighted by Crippen LogP contribution is -2.41. The van der Waals surface area contributed by atoms with Gasteiger partial charge >= 0.3 is 0 Å². The summed E-state index contributed by atoms with van der Waals surface area (Å²) in [5.74, 6) is 0.414. The van der Waals surface area contributed by atoms with Crippen LogP contribution in [0, 0.1) is 5.92 Å². The normalized spacial score (nSPS) is 15.8. The van der Waals surface area contributed by atoms with Gasteiger partial charge in [-0.3, -0.25) is 4.79 Å². The van der Waals surface area contributed by atoms with Crippen LogP contribution in [0.5, 0.6) is 0 Å². The molecule has 1 N–H and O–H groups in total. The van der Waals surface area contributed by atoms with Crippen molar-refractivity contribution >= 4 is 5.91 Å². The van der Waals surface area contributed by atoms with E-state index in [9.17, 15) is 4.79 Å². The van der Waals surface area contributed by atoms with Crippen molar-refractivity contribution in [3.05, 3.63) is 0 Å². The van der Waals surface area contributed by atoms with Gasteiger partial charge in [0.25, 0.3) is 0 Å². The molecule has 72 valence electrons. The molecule has 0 aliphatic carbocycles. The van der Waals surface area contributed by atoms with E-state index in [-0.39, 0.29) is 18.1 Å². The van der Waals surface area contributed by atoms with Gasteiger partial charge < -0.3 is 10.1 Å². The van der Waals surface area contributed by atoms with Crippen molar-refractivity contribution in [2.75, 3.05) is 7.11 Å². The van der Waals surface area contributed by atoms with Crippen LogP contribution in [0.25, 0.3) is 0 Å². The lowest BCUT2D eigenvalue weighted by Gasteiger charge is -2.19. The molecule has 0 fully saturated rings. The molecular formula is C9H19NO2. The van der Waals surface area contributed by atoms with Gasteiger partial charge in [0, 0.05) is 13.2 Å². The van der Waals surface area contributed by atoms with E-state index < -0.39 is 0 Å². The summed E-state index contributed by atoms with van der Waals surface area (Å²) in [5.41, 5.74) is 0. The van der Waals surface area contributed by atoms with Crippen molar-refractivity contribution in [2.24, 2.45) is 5.92 Å². The largest absolute Gasteiger partial charge is 0.372 e.